The fraction of sp³-hybridized carbons (Fsp3) is 0.350. The third-order valence-corrected chi connectivity index (χ3v) is 4.77. The smallest absolute Gasteiger partial charge is 0.225 e. The molecule has 1 aromatic carbocycles. The molecule has 0 radical (unpaired) electrons. The highest BCUT2D eigenvalue weighted by atomic mass is 127. The maximum atomic E-state index is 4.82. The first kappa shape index (κ1) is 21.9. The molecule has 0 spiro atoms. The summed E-state index contributed by atoms with van der Waals surface area (Å²) < 4.78 is 1.97. The molecular weight excluding hydrogens is 493 g/mol. The van der Waals surface area contributed by atoms with Crippen LogP contribution in [-0.4, -0.2) is 68.3 Å². The third-order valence-electron chi connectivity index (χ3n) is 4.77. The molecule has 30 heavy (non-hydrogen) atoms. The first-order chi connectivity index (χ1) is 14.3. The molecule has 0 saturated carbocycles. The number of nitrogens with zero attached hydrogens (tertiary/aromatic N) is 8. The highest BCUT2D eigenvalue weighted by Crippen LogP contribution is 2.12. The molecule has 0 atom stereocenters. The Kier molecular flexibility index (Phi) is 7.94. The number of aliphatic imine (C=N–C) groups is 1. The molecule has 0 amide bonds. The van der Waals surface area contributed by atoms with Crippen LogP contribution >= 0.6 is 24.0 Å². The number of nitrogens with one attached hydrogen (secondary N) is 1. The predicted octanol–water partition coefficient (Wildman–Crippen LogP) is 1.96. The van der Waals surface area contributed by atoms with Crippen LogP contribution in [0.25, 0.3) is 5.69 Å². The maximum absolute atomic E-state index is 4.82. The van der Waals surface area contributed by atoms with Crippen molar-refractivity contribution < 1.29 is 0 Å². The largest absolute Gasteiger partial charge is 0.357 e. The van der Waals surface area contributed by atoms with Gasteiger partial charge in [-0.2, -0.15) is 0 Å². The van der Waals surface area contributed by atoms with Gasteiger partial charge in [0.25, 0.3) is 0 Å². The quantitative estimate of drug-likeness (QED) is 0.313. The van der Waals surface area contributed by atoms with Crippen molar-refractivity contribution in [1.82, 2.24) is 34.9 Å². The summed E-state index contributed by atoms with van der Waals surface area (Å²) in [6.45, 7) is 6.77. The van der Waals surface area contributed by atoms with E-state index in [9.17, 15) is 0 Å². The van der Waals surface area contributed by atoms with Gasteiger partial charge >= 0.3 is 0 Å². The van der Waals surface area contributed by atoms with Crippen LogP contribution in [-0.2, 0) is 6.54 Å². The summed E-state index contributed by atoms with van der Waals surface area (Å²) in [6.07, 6.45) is 5.29. The zero-order valence-electron chi connectivity index (χ0n) is 16.9. The summed E-state index contributed by atoms with van der Waals surface area (Å²) >= 11 is 0. The lowest BCUT2D eigenvalue weighted by Crippen LogP contribution is -2.53. The molecule has 1 N–H and O–H groups in total. The minimum Gasteiger partial charge on any atom is -0.357 e. The molecule has 0 aliphatic carbocycles. The predicted molar refractivity (Wildman–Crippen MR) is 127 cm³/mol. The van der Waals surface area contributed by atoms with Gasteiger partial charge in [0, 0.05) is 50.8 Å². The van der Waals surface area contributed by atoms with E-state index in [2.05, 4.69) is 42.2 Å². The molecule has 3 heterocycles. The molecule has 4 rings (SSSR count). The molecule has 9 nitrogen and oxygen atoms in total. The van der Waals surface area contributed by atoms with Gasteiger partial charge in [0.1, 0.15) is 12.9 Å². The van der Waals surface area contributed by atoms with Crippen molar-refractivity contribution in [2.45, 2.75) is 13.5 Å². The van der Waals surface area contributed by atoms with E-state index in [4.69, 9.17) is 4.99 Å². The zero-order chi connectivity index (χ0) is 19.9. The lowest BCUT2D eigenvalue weighted by atomic mass is 10.3. The number of hydrogen-bond acceptors (Lipinski definition) is 6. The van der Waals surface area contributed by atoms with Crippen LogP contribution in [0.15, 0.2) is 60.1 Å². The Morgan fingerprint density at radius 3 is 2.47 bits per heavy atom. The molecule has 1 fully saturated rings. The summed E-state index contributed by atoms with van der Waals surface area (Å²) in [4.78, 5) is 18.0. The van der Waals surface area contributed by atoms with E-state index in [0.29, 0.717) is 6.54 Å². The number of rotatable bonds is 5. The summed E-state index contributed by atoms with van der Waals surface area (Å²) in [5.41, 5.74) is 1.03. The second-order valence-corrected chi connectivity index (χ2v) is 6.65. The van der Waals surface area contributed by atoms with Gasteiger partial charge < -0.3 is 15.1 Å². The van der Waals surface area contributed by atoms with Crippen LogP contribution in [0, 0.1) is 0 Å². The molecule has 0 bridgehead atoms. The number of guanidine groups is 1. The lowest BCUT2D eigenvalue weighted by molar-refractivity contribution is 0.370. The van der Waals surface area contributed by atoms with Crippen molar-refractivity contribution in [3.8, 4) is 5.69 Å². The number of halogens is 1. The number of piperazine rings is 1. The SMILES string of the molecule is CCNC(=NCc1nncn1-c1ccccc1)N1CCN(c2ncccn2)CC1.I. The fourth-order valence-corrected chi connectivity index (χ4v) is 3.32. The molecule has 3 aromatic rings. The first-order valence-electron chi connectivity index (χ1n) is 9.84. The van der Waals surface area contributed by atoms with Gasteiger partial charge in [0.2, 0.25) is 5.95 Å². The summed E-state index contributed by atoms with van der Waals surface area (Å²) in [6, 6.07) is 11.9. The van der Waals surface area contributed by atoms with Crippen molar-refractivity contribution in [3.63, 3.8) is 0 Å². The van der Waals surface area contributed by atoms with Crippen molar-refractivity contribution in [3.05, 3.63) is 60.9 Å². The number of para-hydroxylation sites is 1. The Balaban J connectivity index is 0.00000256. The highest BCUT2D eigenvalue weighted by molar-refractivity contribution is 14.0. The van der Waals surface area contributed by atoms with E-state index in [1.807, 2.05) is 41.0 Å². The van der Waals surface area contributed by atoms with Crippen LogP contribution in [0.2, 0.25) is 0 Å². The summed E-state index contributed by atoms with van der Waals surface area (Å²) in [7, 11) is 0. The Morgan fingerprint density at radius 1 is 1.03 bits per heavy atom. The zero-order valence-corrected chi connectivity index (χ0v) is 19.3. The van der Waals surface area contributed by atoms with Crippen molar-refractivity contribution in [2.75, 3.05) is 37.6 Å². The minimum absolute atomic E-state index is 0. The summed E-state index contributed by atoms with van der Waals surface area (Å²) in [5, 5.41) is 11.7. The van der Waals surface area contributed by atoms with Crippen molar-refractivity contribution in [2.24, 2.45) is 4.99 Å². The Hall–Kier alpha value is -2.76. The van der Waals surface area contributed by atoms with E-state index in [1.165, 1.54) is 0 Å². The van der Waals surface area contributed by atoms with Crippen LogP contribution in [0.5, 0.6) is 0 Å². The van der Waals surface area contributed by atoms with Crippen LogP contribution in [0.4, 0.5) is 5.95 Å². The number of anilines is 1. The topological polar surface area (TPSA) is 87.4 Å². The average Bonchev–Trinajstić information content (AvgIpc) is 3.27. The molecular formula is C20H26IN9. The van der Waals surface area contributed by atoms with Crippen LogP contribution < -0.4 is 10.2 Å². The van der Waals surface area contributed by atoms with Gasteiger partial charge in [-0.15, -0.1) is 34.2 Å². The van der Waals surface area contributed by atoms with E-state index < -0.39 is 0 Å². The van der Waals surface area contributed by atoms with E-state index >= 15 is 0 Å². The average molecular weight is 519 g/mol. The molecule has 1 aliphatic rings. The molecule has 10 heteroatoms. The van der Waals surface area contributed by atoms with Crippen LogP contribution in [0.3, 0.4) is 0 Å². The third kappa shape index (κ3) is 5.23. The maximum Gasteiger partial charge on any atom is 0.225 e. The standard InChI is InChI=1S/C20H25N9.HI/c1-2-21-19(27-11-13-28(14-12-27)20-22-9-6-10-23-20)24-15-18-26-25-16-29(18)17-7-4-3-5-8-17;/h3-10,16H,2,11-15H2,1H3,(H,21,24);1H. The number of hydrogen-bond donors (Lipinski definition) is 1. The van der Waals surface area contributed by atoms with Gasteiger partial charge in [0.05, 0.1) is 0 Å². The van der Waals surface area contributed by atoms with E-state index in [1.54, 1.807) is 18.7 Å². The second-order valence-electron chi connectivity index (χ2n) is 6.65. The van der Waals surface area contributed by atoms with Gasteiger partial charge in [-0.1, -0.05) is 18.2 Å². The minimum atomic E-state index is 0. The molecule has 0 unspecified atom stereocenters. The van der Waals surface area contributed by atoms with Gasteiger partial charge in [0.15, 0.2) is 11.8 Å². The Labute approximate surface area is 193 Å². The van der Waals surface area contributed by atoms with E-state index in [0.717, 1.165) is 56.1 Å². The van der Waals surface area contributed by atoms with Gasteiger partial charge in [-0.3, -0.25) is 4.57 Å². The Bertz CT molecular complexity index is 922. The Morgan fingerprint density at radius 2 is 1.77 bits per heavy atom. The summed E-state index contributed by atoms with van der Waals surface area (Å²) in [5.74, 6) is 2.48. The number of benzene rings is 1. The normalized spacial score (nSPS) is 14.4. The molecule has 158 valence electrons. The fourth-order valence-electron chi connectivity index (χ4n) is 3.32. The van der Waals surface area contributed by atoms with E-state index in [-0.39, 0.29) is 24.0 Å². The van der Waals surface area contributed by atoms with Gasteiger partial charge in [-0.25, -0.2) is 15.0 Å². The lowest BCUT2D eigenvalue weighted by Gasteiger charge is -2.36. The van der Waals surface area contributed by atoms with Crippen molar-refractivity contribution >= 4 is 35.9 Å². The molecule has 1 aliphatic heterocycles. The second kappa shape index (κ2) is 10.9. The van der Waals surface area contributed by atoms with Crippen LogP contribution in [0.1, 0.15) is 12.7 Å². The first-order valence-corrected chi connectivity index (χ1v) is 9.84. The molecule has 1 saturated heterocycles. The highest BCUT2D eigenvalue weighted by Gasteiger charge is 2.21. The number of aromatic nitrogens is 5. The van der Waals surface area contributed by atoms with Crippen molar-refractivity contribution in [1.29, 1.82) is 0 Å². The van der Waals surface area contributed by atoms with Gasteiger partial charge in [-0.05, 0) is 25.1 Å². The monoisotopic (exact) mass is 519 g/mol. The molecule has 2 aromatic heterocycles.